The Morgan fingerprint density at radius 2 is 2.11 bits per heavy atom. The van der Waals surface area contributed by atoms with Crippen LogP contribution >= 0.6 is 0 Å². The topological polar surface area (TPSA) is 34.0 Å². The highest BCUT2D eigenvalue weighted by atomic mass is 16.1. The number of nitrogens with one attached hydrogen (secondary N) is 1. The van der Waals surface area contributed by atoms with Gasteiger partial charge in [0.05, 0.1) is 12.1 Å². The second-order valence-electron chi connectivity index (χ2n) is 5.71. The van der Waals surface area contributed by atoms with Crippen molar-refractivity contribution in [2.75, 3.05) is 6.54 Å². The van der Waals surface area contributed by atoms with Gasteiger partial charge in [-0.2, -0.15) is 0 Å². The molecular formula is C16H20N2O. The molecule has 1 aliphatic carbocycles. The minimum Gasteiger partial charge on any atom is -0.350 e. The summed E-state index contributed by atoms with van der Waals surface area (Å²) in [4.78, 5) is 12.4. The fraction of sp³-hybridized carbons (Fsp3) is 0.438. The van der Waals surface area contributed by atoms with Crippen LogP contribution in [0.15, 0.2) is 18.3 Å². The normalized spacial score (nSPS) is 15.1. The summed E-state index contributed by atoms with van der Waals surface area (Å²) in [7, 11) is 2.01. The summed E-state index contributed by atoms with van der Waals surface area (Å²) in [6, 6.07) is 4.86. The second-order valence-corrected chi connectivity index (χ2v) is 5.71. The number of benzene rings is 1. The maximum Gasteiger partial charge on any atom is 0.178 e. The zero-order valence-electron chi connectivity index (χ0n) is 11.8. The fourth-order valence-corrected chi connectivity index (χ4v) is 2.80. The molecule has 0 unspecified atom stereocenters. The van der Waals surface area contributed by atoms with Crippen LogP contribution in [0.1, 0.15) is 34.3 Å². The summed E-state index contributed by atoms with van der Waals surface area (Å²) in [5, 5.41) is 4.38. The number of ketones is 1. The Kier molecular flexibility index (Phi) is 2.94. The Morgan fingerprint density at radius 3 is 2.79 bits per heavy atom. The lowest BCUT2D eigenvalue weighted by molar-refractivity contribution is 0.0992. The van der Waals surface area contributed by atoms with Crippen molar-refractivity contribution in [3.8, 4) is 0 Å². The highest BCUT2D eigenvalue weighted by molar-refractivity contribution is 6.09. The quantitative estimate of drug-likeness (QED) is 0.853. The molecule has 1 saturated carbocycles. The van der Waals surface area contributed by atoms with Gasteiger partial charge in [0, 0.05) is 30.2 Å². The number of aryl methyl sites for hydroxylation is 3. The number of rotatable bonds is 4. The molecule has 0 aliphatic heterocycles. The minimum absolute atomic E-state index is 0.197. The van der Waals surface area contributed by atoms with Crippen LogP contribution < -0.4 is 5.32 Å². The molecule has 1 aromatic heterocycles. The Hall–Kier alpha value is -1.61. The fourth-order valence-electron chi connectivity index (χ4n) is 2.80. The number of carbonyl (C=O) groups excluding carboxylic acids is 1. The molecule has 0 bridgehead atoms. The molecule has 100 valence electrons. The van der Waals surface area contributed by atoms with E-state index < -0.39 is 0 Å². The third-order valence-corrected chi connectivity index (χ3v) is 3.84. The molecule has 0 radical (unpaired) electrons. The zero-order chi connectivity index (χ0) is 13.6. The summed E-state index contributed by atoms with van der Waals surface area (Å²) >= 11 is 0. The molecule has 3 rings (SSSR count). The van der Waals surface area contributed by atoms with Crippen molar-refractivity contribution in [1.82, 2.24) is 9.88 Å². The Morgan fingerprint density at radius 1 is 1.37 bits per heavy atom. The lowest BCUT2D eigenvalue weighted by Gasteiger charge is -2.04. The Labute approximate surface area is 113 Å². The number of hydrogen-bond acceptors (Lipinski definition) is 2. The molecule has 1 aromatic carbocycles. The summed E-state index contributed by atoms with van der Waals surface area (Å²) in [6.07, 6.45) is 4.39. The molecule has 1 N–H and O–H groups in total. The number of aromatic nitrogens is 1. The molecule has 0 amide bonds. The second kappa shape index (κ2) is 4.49. The zero-order valence-corrected chi connectivity index (χ0v) is 11.8. The van der Waals surface area contributed by atoms with E-state index in [1.807, 2.05) is 13.2 Å². The molecule has 0 saturated heterocycles. The van der Waals surface area contributed by atoms with E-state index >= 15 is 0 Å². The van der Waals surface area contributed by atoms with Crippen LogP contribution in [0.5, 0.6) is 0 Å². The monoisotopic (exact) mass is 256 g/mol. The number of hydrogen-bond donors (Lipinski definition) is 1. The largest absolute Gasteiger partial charge is 0.350 e. The van der Waals surface area contributed by atoms with E-state index in [9.17, 15) is 4.79 Å². The van der Waals surface area contributed by atoms with Crippen molar-refractivity contribution in [3.63, 3.8) is 0 Å². The van der Waals surface area contributed by atoms with Gasteiger partial charge in [-0.3, -0.25) is 4.79 Å². The summed E-state index contributed by atoms with van der Waals surface area (Å²) in [6.45, 7) is 4.64. The number of Topliss-reactive ketones (excluding diaryl/α,β-unsaturated/α-hetero) is 1. The first kappa shape index (κ1) is 12.4. The van der Waals surface area contributed by atoms with Crippen LogP contribution in [0.4, 0.5) is 0 Å². The molecule has 3 heteroatoms. The molecule has 19 heavy (non-hydrogen) atoms. The van der Waals surface area contributed by atoms with Crippen molar-refractivity contribution >= 4 is 16.7 Å². The van der Waals surface area contributed by atoms with Crippen molar-refractivity contribution in [3.05, 3.63) is 35.0 Å². The summed E-state index contributed by atoms with van der Waals surface area (Å²) in [5.74, 6) is 0.197. The summed E-state index contributed by atoms with van der Waals surface area (Å²) in [5.41, 5.74) is 4.45. The third kappa shape index (κ3) is 2.30. The molecule has 3 nitrogen and oxygen atoms in total. The third-order valence-electron chi connectivity index (χ3n) is 3.84. The average molecular weight is 256 g/mol. The van der Waals surface area contributed by atoms with E-state index in [0.29, 0.717) is 12.6 Å². The van der Waals surface area contributed by atoms with Crippen LogP contribution in [-0.2, 0) is 7.05 Å². The van der Waals surface area contributed by atoms with Crippen molar-refractivity contribution in [2.24, 2.45) is 7.05 Å². The molecule has 0 spiro atoms. The molecular weight excluding hydrogens is 236 g/mol. The van der Waals surface area contributed by atoms with Crippen LogP contribution in [0, 0.1) is 13.8 Å². The highest BCUT2D eigenvalue weighted by Gasteiger charge is 2.22. The predicted molar refractivity (Wildman–Crippen MR) is 77.7 cm³/mol. The first-order chi connectivity index (χ1) is 9.06. The number of carbonyl (C=O) groups is 1. The van der Waals surface area contributed by atoms with Gasteiger partial charge in [-0.05, 0) is 38.3 Å². The molecule has 1 fully saturated rings. The van der Waals surface area contributed by atoms with Crippen LogP contribution in [0.2, 0.25) is 0 Å². The van der Waals surface area contributed by atoms with Crippen LogP contribution in [0.3, 0.4) is 0 Å². The number of nitrogens with zero attached hydrogens (tertiary/aromatic N) is 1. The highest BCUT2D eigenvalue weighted by Crippen LogP contribution is 2.26. The number of fused-ring (bicyclic) bond motifs is 1. The van der Waals surface area contributed by atoms with E-state index in [1.54, 1.807) is 0 Å². The van der Waals surface area contributed by atoms with Gasteiger partial charge in [-0.1, -0.05) is 11.6 Å². The first-order valence-electron chi connectivity index (χ1n) is 6.89. The van der Waals surface area contributed by atoms with Gasteiger partial charge in [-0.25, -0.2) is 0 Å². The molecule has 1 heterocycles. The van der Waals surface area contributed by atoms with Crippen molar-refractivity contribution < 1.29 is 4.79 Å². The van der Waals surface area contributed by atoms with E-state index in [2.05, 4.69) is 35.9 Å². The van der Waals surface area contributed by atoms with Gasteiger partial charge in [0.1, 0.15) is 0 Å². The van der Waals surface area contributed by atoms with Gasteiger partial charge in [0.25, 0.3) is 0 Å². The van der Waals surface area contributed by atoms with Gasteiger partial charge in [0.2, 0.25) is 0 Å². The van der Waals surface area contributed by atoms with E-state index in [4.69, 9.17) is 0 Å². The molecule has 0 atom stereocenters. The Bertz CT molecular complexity index is 650. The van der Waals surface area contributed by atoms with Crippen LogP contribution in [0.25, 0.3) is 10.9 Å². The smallest absolute Gasteiger partial charge is 0.178 e. The Balaban J connectivity index is 2.00. The first-order valence-corrected chi connectivity index (χ1v) is 6.89. The van der Waals surface area contributed by atoms with Crippen molar-refractivity contribution in [2.45, 2.75) is 32.7 Å². The van der Waals surface area contributed by atoms with E-state index in [1.165, 1.54) is 29.5 Å². The molecule has 1 aliphatic rings. The van der Waals surface area contributed by atoms with Crippen molar-refractivity contribution in [1.29, 1.82) is 0 Å². The molecule has 2 aromatic rings. The lowest BCUT2D eigenvalue weighted by Crippen LogP contribution is -2.24. The van der Waals surface area contributed by atoms with E-state index in [-0.39, 0.29) is 5.78 Å². The van der Waals surface area contributed by atoms with Gasteiger partial charge in [-0.15, -0.1) is 0 Å². The standard InChI is InChI=1S/C16H20N2O/c1-10-6-11(2)16-13(7-10)14(9-18(16)3)15(19)8-17-12-4-5-12/h6-7,9,12,17H,4-5,8H2,1-3H3. The predicted octanol–water partition coefficient (Wildman–Crippen LogP) is 2.73. The van der Waals surface area contributed by atoms with Crippen LogP contribution in [-0.4, -0.2) is 22.9 Å². The SMILES string of the molecule is Cc1cc(C)c2c(c1)c(C(=O)CNC1CC1)cn2C. The van der Waals surface area contributed by atoms with Gasteiger partial charge < -0.3 is 9.88 Å². The summed E-state index contributed by atoms with van der Waals surface area (Å²) < 4.78 is 2.06. The lowest BCUT2D eigenvalue weighted by atomic mass is 10.0. The maximum absolute atomic E-state index is 12.4. The van der Waals surface area contributed by atoms with Gasteiger partial charge in [0.15, 0.2) is 5.78 Å². The maximum atomic E-state index is 12.4. The van der Waals surface area contributed by atoms with E-state index in [0.717, 1.165) is 10.9 Å². The minimum atomic E-state index is 0.197. The van der Waals surface area contributed by atoms with Gasteiger partial charge >= 0.3 is 0 Å². The average Bonchev–Trinajstić information content (AvgIpc) is 3.10.